The van der Waals surface area contributed by atoms with Gasteiger partial charge in [-0.25, -0.2) is 74.7 Å². The Morgan fingerprint density at radius 3 is 1.33 bits per heavy atom. The zero-order valence-electron chi connectivity index (χ0n) is 46.1. The molecule has 34 heteroatoms. The van der Waals surface area contributed by atoms with Gasteiger partial charge in [0.05, 0.1) is 90.9 Å². The predicted octanol–water partition coefficient (Wildman–Crippen LogP) is 4.68. The molecule has 5 heterocycles. The largest absolute Gasteiger partial charge is 0.476 e. The zero-order chi connectivity index (χ0) is 63.3. The molecule has 448 valence electrons. The number of thiocarbonyl (C=S) groups is 1. The van der Waals surface area contributed by atoms with Gasteiger partial charge in [-0.1, -0.05) is 53.7 Å². The van der Waals surface area contributed by atoms with Crippen molar-refractivity contribution in [3.8, 4) is 45.4 Å². The molecule has 0 aliphatic heterocycles. The first-order valence-electron chi connectivity index (χ1n) is 24.5. The molecule has 0 aliphatic carbocycles. The number of nitrogens with two attached hydrogens (primary N) is 6. The third kappa shape index (κ3) is 17.0. The molecule has 0 atom stereocenters. The second-order valence-electron chi connectivity index (χ2n) is 18.1. The molecule has 85 heavy (non-hydrogen) atoms. The summed E-state index contributed by atoms with van der Waals surface area (Å²) in [4.78, 5) is 66.7. The standard InChI is InChI=1S/C16H19N5O3S2.C15H16N6O3S.C14H15N3O4S.C6H6BrN3O2/c1-9(2)26(23,24)11-5-3-10(4-6-11)12-7-19-15(18)14(21-12)16(22)20-8-13(17)25;1-8(2)25(22,23)10-5-3-9(4-6-10)11-7-18-13(16)12(19-11)14-20-21-15(17)24-14;1-8(2)22(20,21)10-5-3-9(4-6-10)11-7-16-13(15)12(17-11)14(18)19;1-12-6(11)4-5(8)9-2-3(7)10-4/h3-7,9H,8H2,1-2H3,(H2,17,25)(H2,18,19)(H,20,22);3-8H,1-2H3,(H2,16,18)(H2,17,21);3-8H,1-2H3,(H2,15,16)(H,18,19);2H,1H3,(H2,8,9). The summed E-state index contributed by atoms with van der Waals surface area (Å²) < 4.78 is 82.8. The third-order valence-corrected chi connectivity index (χ3v) is 18.4. The highest BCUT2D eigenvalue weighted by Crippen LogP contribution is 2.28. The second kappa shape index (κ2) is 28.4. The summed E-state index contributed by atoms with van der Waals surface area (Å²) in [6.45, 7) is 9.73. The lowest BCUT2D eigenvalue weighted by molar-refractivity contribution is 0.0593. The van der Waals surface area contributed by atoms with Crippen LogP contribution in [0.15, 0.2) is 121 Å². The number of hydrogen-bond acceptors (Lipinski definition) is 27. The van der Waals surface area contributed by atoms with Gasteiger partial charge in [0.2, 0.25) is 0 Å². The Balaban J connectivity index is 0.000000213. The minimum atomic E-state index is -3.36. The maximum atomic E-state index is 12.2. The number of aromatic carboxylic acids is 1. The molecule has 0 spiro atoms. The first-order chi connectivity index (χ1) is 39.8. The molecule has 0 radical (unpaired) electrons. The van der Waals surface area contributed by atoms with E-state index in [1.54, 1.807) is 77.9 Å². The van der Waals surface area contributed by atoms with Crippen molar-refractivity contribution in [1.82, 2.24) is 55.4 Å². The summed E-state index contributed by atoms with van der Waals surface area (Å²) in [7, 11) is -8.80. The van der Waals surface area contributed by atoms with E-state index >= 15 is 0 Å². The third-order valence-electron chi connectivity index (χ3n) is 11.3. The van der Waals surface area contributed by atoms with Crippen molar-refractivity contribution in [1.29, 1.82) is 0 Å². The van der Waals surface area contributed by atoms with Crippen LogP contribution in [0, 0.1) is 0 Å². The van der Waals surface area contributed by atoms with Gasteiger partial charge in [-0.05, 0) is 93.9 Å². The van der Waals surface area contributed by atoms with Crippen LogP contribution >= 0.6 is 28.1 Å². The topological polar surface area (TPSA) is 493 Å². The number of rotatable bonds is 15. The number of methoxy groups -OCH3 is 1. The van der Waals surface area contributed by atoms with E-state index in [0.29, 0.717) is 38.4 Å². The van der Waals surface area contributed by atoms with Gasteiger partial charge in [-0.15, -0.1) is 5.10 Å². The molecular formula is C51H56BrN17O12S4. The molecule has 29 nitrogen and oxygen atoms in total. The van der Waals surface area contributed by atoms with Gasteiger partial charge >= 0.3 is 18.0 Å². The summed E-state index contributed by atoms with van der Waals surface area (Å²) >= 11 is 7.76. The minimum Gasteiger partial charge on any atom is -0.476 e. The van der Waals surface area contributed by atoms with Crippen LogP contribution in [-0.2, 0) is 34.2 Å². The van der Waals surface area contributed by atoms with E-state index < -0.39 is 63.1 Å². The van der Waals surface area contributed by atoms with Crippen molar-refractivity contribution in [3.63, 3.8) is 0 Å². The second-order valence-corrected chi connectivity index (χ2v) is 27.0. The molecule has 1 amide bonds. The van der Waals surface area contributed by atoms with Gasteiger partial charge in [0, 0.05) is 16.7 Å². The Bertz CT molecular complexity index is 4100. The number of esters is 1. The molecule has 0 saturated heterocycles. The fourth-order valence-electron chi connectivity index (χ4n) is 6.56. The number of benzene rings is 3. The Morgan fingerprint density at radius 2 is 0.953 bits per heavy atom. The molecule has 0 saturated carbocycles. The molecular weight excluding hydrogens is 1250 g/mol. The number of sulfone groups is 3. The number of amides is 1. The van der Waals surface area contributed by atoms with E-state index in [9.17, 15) is 39.6 Å². The number of carbonyl (C=O) groups excluding carboxylic acids is 2. The van der Waals surface area contributed by atoms with Crippen molar-refractivity contribution in [2.75, 3.05) is 42.3 Å². The lowest BCUT2D eigenvalue weighted by Crippen LogP contribution is -2.33. The van der Waals surface area contributed by atoms with Crippen molar-refractivity contribution in [3.05, 3.63) is 119 Å². The average molecular weight is 1310 g/mol. The van der Waals surface area contributed by atoms with Gasteiger partial charge in [0.15, 0.2) is 75.6 Å². The van der Waals surface area contributed by atoms with Crippen LogP contribution in [0.25, 0.3) is 45.4 Å². The van der Waals surface area contributed by atoms with Gasteiger partial charge in [-0.3, -0.25) is 4.79 Å². The lowest BCUT2D eigenvalue weighted by atomic mass is 10.1. The molecule has 0 aliphatic rings. The number of carbonyl (C=O) groups is 3. The number of carboxylic acids is 1. The smallest absolute Gasteiger partial charge is 0.360 e. The van der Waals surface area contributed by atoms with E-state index in [1.165, 1.54) is 68.3 Å². The number of nitrogen functional groups attached to an aromatic ring is 5. The van der Waals surface area contributed by atoms with E-state index in [1.807, 2.05) is 0 Å². The van der Waals surface area contributed by atoms with Crippen LogP contribution in [-0.4, -0.2) is 133 Å². The van der Waals surface area contributed by atoms with E-state index in [2.05, 4.69) is 76.1 Å². The summed E-state index contributed by atoms with van der Waals surface area (Å²) in [5.41, 5.74) is 35.9. The van der Waals surface area contributed by atoms with Crippen molar-refractivity contribution >= 4 is 110 Å². The summed E-state index contributed by atoms with van der Waals surface area (Å²) in [5.74, 6) is -2.39. The van der Waals surface area contributed by atoms with E-state index in [4.69, 9.17) is 56.1 Å². The molecule has 3 aromatic carbocycles. The van der Waals surface area contributed by atoms with Crippen molar-refractivity contribution < 1.29 is 53.9 Å². The molecule has 14 N–H and O–H groups in total. The minimum absolute atomic E-state index is 0.0152. The SMILES string of the molecule is CC(C)S(=O)(=O)c1ccc(-c2cnc(N)c(-c3nnc(N)o3)n2)cc1.CC(C)S(=O)(=O)c1ccc(-c2cnc(N)c(C(=O)NCC(N)=S)n2)cc1.CC(C)S(=O)(=O)c1ccc(-c2cnc(N)c(C(=O)O)n2)cc1.COC(=O)c1nc(Br)cnc1N. The summed E-state index contributed by atoms with van der Waals surface area (Å²) in [6, 6.07) is 18.5. The van der Waals surface area contributed by atoms with Crippen molar-refractivity contribution in [2.24, 2.45) is 5.73 Å². The van der Waals surface area contributed by atoms with Crippen LogP contribution in [0.1, 0.15) is 73.0 Å². The molecule has 0 fully saturated rings. The maximum Gasteiger partial charge on any atom is 0.360 e. The zero-order valence-corrected chi connectivity index (χ0v) is 50.9. The highest BCUT2D eigenvalue weighted by Gasteiger charge is 2.23. The number of aromatic nitrogens is 10. The van der Waals surface area contributed by atoms with Crippen LogP contribution in [0.3, 0.4) is 0 Å². The van der Waals surface area contributed by atoms with Crippen LogP contribution < -0.4 is 39.7 Å². The number of ether oxygens (including phenoxy) is 1. The van der Waals surface area contributed by atoms with E-state index in [-0.39, 0.29) is 84.2 Å². The summed E-state index contributed by atoms with van der Waals surface area (Å²) in [6.07, 6.45) is 5.63. The van der Waals surface area contributed by atoms with Gasteiger partial charge < -0.3 is 54.0 Å². The fraction of sp³-hybridized carbons (Fsp3) is 0.216. The van der Waals surface area contributed by atoms with Gasteiger partial charge in [0.1, 0.15) is 4.60 Å². The molecule has 5 aromatic heterocycles. The number of hydrogen-bond donors (Lipinski definition) is 8. The van der Waals surface area contributed by atoms with Crippen molar-refractivity contribution in [2.45, 2.75) is 72.0 Å². The Morgan fingerprint density at radius 1 is 0.576 bits per heavy atom. The molecule has 8 aromatic rings. The maximum absolute atomic E-state index is 12.2. The Kier molecular flexibility index (Phi) is 22.2. The normalized spacial score (nSPS) is 11.3. The van der Waals surface area contributed by atoms with E-state index in [0.717, 1.165) is 0 Å². The number of nitrogens with one attached hydrogen (secondary N) is 1. The lowest BCUT2D eigenvalue weighted by Gasteiger charge is -2.10. The highest BCUT2D eigenvalue weighted by molar-refractivity contribution is 9.10. The number of carboxylic acid groups (broad SMARTS) is 1. The Hall–Kier alpha value is -9.25. The monoisotopic (exact) mass is 1310 g/mol. The molecule has 8 rings (SSSR count). The first-order valence-corrected chi connectivity index (χ1v) is 30.3. The van der Waals surface area contributed by atoms with Crippen LogP contribution in [0.4, 0.5) is 29.3 Å². The number of halogens is 1. The molecule has 0 bridgehead atoms. The average Bonchev–Trinajstić information content (AvgIpc) is 3.95. The first kappa shape index (κ1) is 66.5. The molecule has 0 unspecified atom stereocenters. The Labute approximate surface area is 500 Å². The van der Waals surface area contributed by atoms with Gasteiger partial charge in [-0.2, -0.15) is 0 Å². The van der Waals surface area contributed by atoms with Gasteiger partial charge in [0.25, 0.3) is 11.8 Å². The number of anilines is 5. The van der Waals surface area contributed by atoms with Crippen LogP contribution in [0.5, 0.6) is 0 Å². The number of nitrogens with zero attached hydrogens (tertiary/aromatic N) is 10. The predicted molar refractivity (Wildman–Crippen MR) is 322 cm³/mol. The quantitative estimate of drug-likeness (QED) is 0.0510. The van der Waals surface area contributed by atoms with Crippen LogP contribution in [0.2, 0.25) is 0 Å². The highest BCUT2D eigenvalue weighted by atomic mass is 79.9. The fourth-order valence-corrected chi connectivity index (χ4v) is 10.1. The summed E-state index contributed by atoms with van der Waals surface area (Å²) in [5, 5.41) is 17.3.